The van der Waals surface area contributed by atoms with Gasteiger partial charge in [0, 0.05) is 36.6 Å². The topological polar surface area (TPSA) is 111 Å². The van der Waals surface area contributed by atoms with Crippen LogP contribution in [0.25, 0.3) is 10.9 Å². The van der Waals surface area contributed by atoms with Crippen LogP contribution in [0.3, 0.4) is 0 Å². The first kappa shape index (κ1) is 16.7. The minimum atomic E-state index is -3.29. The summed E-state index contributed by atoms with van der Waals surface area (Å²) in [6.45, 7) is 0.561. The summed E-state index contributed by atoms with van der Waals surface area (Å²) < 4.78 is 26.3. The number of benzene rings is 1. The smallest absolute Gasteiger partial charge is 0.280 e. The summed E-state index contributed by atoms with van der Waals surface area (Å²) >= 11 is 0. The second-order valence-corrected chi connectivity index (χ2v) is 8.33. The molecule has 0 fully saturated rings. The molecule has 0 amide bonds. The summed E-state index contributed by atoms with van der Waals surface area (Å²) in [6, 6.07) is 5.23. The monoisotopic (exact) mass is 371 g/mol. The normalized spacial score (nSPS) is 15.1. The summed E-state index contributed by atoms with van der Waals surface area (Å²) in [5.74, 6) is -0.290. The first-order chi connectivity index (χ1) is 12.3. The number of fused-ring (bicyclic) bond motifs is 2. The Kier molecular flexibility index (Phi) is 3.78. The molecule has 0 spiro atoms. The lowest BCUT2D eigenvalue weighted by Crippen LogP contribution is -2.36. The van der Waals surface area contributed by atoms with Crippen molar-refractivity contribution in [1.29, 1.82) is 0 Å². The number of carbonyl (C=O) groups excluding carboxylic acids is 1. The molecule has 0 aliphatic carbocycles. The quantitative estimate of drug-likeness (QED) is 0.673. The van der Waals surface area contributed by atoms with Gasteiger partial charge in [-0.3, -0.25) is 9.78 Å². The lowest BCUT2D eigenvalue weighted by Gasteiger charge is -2.27. The standard InChI is InChI=1S/C17H17N5O3S/c1-26(24,25)21-5-4-14-12(10-21)7-19-9-15(14)17(23)22-16-3-2-13(18)6-11(16)8-20-22/h2-3,6-9H,4-5,10,18H2,1H3. The fraction of sp³-hybridized carbons (Fsp3) is 0.235. The van der Waals surface area contributed by atoms with Crippen LogP contribution >= 0.6 is 0 Å². The van der Waals surface area contributed by atoms with Crippen molar-refractivity contribution in [1.82, 2.24) is 19.1 Å². The number of rotatable bonds is 2. The van der Waals surface area contributed by atoms with Crippen LogP contribution in [0.4, 0.5) is 5.69 Å². The molecular weight excluding hydrogens is 354 g/mol. The van der Waals surface area contributed by atoms with E-state index < -0.39 is 10.0 Å². The molecule has 4 rings (SSSR count). The summed E-state index contributed by atoms with van der Waals surface area (Å²) in [6.07, 6.45) is 6.37. The number of sulfonamides is 1. The van der Waals surface area contributed by atoms with Crippen molar-refractivity contribution in [3.8, 4) is 0 Å². The Bertz CT molecular complexity index is 1140. The number of hydrogen-bond donors (Lipinski definition) is 1. The van der Waals surface area contributed by atoms with Crippen LogP contribution in [0.15, 0.2) is 36.8 Å². The highest BCUT2D eigenvalue weighted by molar-refractivity contribution is 7.88. The number of nitrogen functional groups attached to an aromatic ring is 1. The molecule has 1 aliphatic heterocycles. The Morgan fingerprint density at radius 2 is 2.04 bits per heavy atom. The van der Waals surface area contributed by atoms with Crippen molar-refractivity contribution < 1.29 is 13.2 Å². The van der Waals surface area contributed by atoms with E-state index in [4.69, 9.17) is 5.73 Å². The summed E-state index contributed by atoms with van der Waals surface area (Å²) in [4.78, 5) is 17.2. The van der Waals surface area contributed by atoms with Crippen molar-refractivity contribution in [2.45, 2.75) is 13.0 Å². The van der Waals surface area contributed by atoms with Gasteiger partial charge < -0.3 is 5.73 Å². The van der Waals surface area contributed by atoms with Crippen LogP contribution in [-0.4, -0.2) is 46.2 Å². The van der Waals surface area contributed by atoms with Gasteiger partial charge in [0.1, 0.15) is 0 Å². The molecule has 26 heavy (non-hydrogen) atoms. The van der Waals surface area contributed by atoms with Gasteiger partial charge in [0.15, 0.2) is 0 Å². The fourth-order valence-corrected chi connectivity index (χ4v) is 4.06. The minimum absolute atomic E-state index is 0.221. The highest BCUT2D eigenvalue weighted by atomic mass is 32.2. The van der Waals surface area contributed by atoms with Crippen LogP contribution in [0.2, 0.25) is 0 Å². The molecule has 2 aromatic heterocycles. The highest BCUT2D eigenvalue weighted by Gasteiger charge is 2.27. The number of aromatic nitrogens is 3. The average molecular weight is 371 g/mol. The van der Waals surface area contributed by atoms with Crippen molar-refractivity contribution in [2.24, 2.45) is 0 Å². The summed E-state index contributed by atoms with van der Waals surface area (Å²) in [5, 5.41) is 4.97. The van der Waals surface area contributed by atoms with Gasteiger partial charge >= 0.3 is 0 Å². The predicted molar refractivity (Wildman–Crippen MR) is 97.1 cm³/mol. The van der Waals surface area contributed by atoms with Crippen LogP contribution in [0, 0.1) is 0 Å². The molecule has 8 nitrogen and oxygen atoms in total. The van der Waals surface area contributed by atoms with Crippen molar-refractivity contribution >= 4 is 32.5 Å². The first-order valence-electron chi connectivity index (χ1n) is 8.03. The number of nitrogens with two attached hydrogens (primary N) is 1. The van der Waals surface area contributed by atoms with E-state index in [0.29, 0.717) is 29.7 Å². The second kappa shape index (κ2) is 5.89. The van der Waals surface area contributed by atoms with E-state index >= 15 is 0 Å². The molecule has 134 valence electrons. The minimum Gasteiger partial charge on any atom is -0.399 e. The maximum Gasteiger partial charge on any atom is 0.280 e. The molecule has 0 saturated heterocycles. The van der Waals surface area contributed by atoms with Crippen LogP contribution in [0.5, 0.6) is 0 Å². The summed E-state index contributed by atoms with van der Waals surface area (Å²) in [5.41, 5.74) is 9.05. The molecule has 0 unspecified atom stereocenters. The maximum atomic E-state index is 13.1. The second-order valence-electron chi connectivity index (χ2n) is 6.35. The number of carbonyl (C=O) groups is 1. The zero-order valence-electron chi connectivity index (χ0n) is 14.1. The van der Waals surface area contributed by atoms with Gasteiger partial charge in [0.2, 0.25) is 10.0 Å². The molecule has 9 heteroatoms. The van der Waals surface area contributed by atoms with Crippen molar-refractivity contribution in [3.63, 3.8) is 0 Å². The van der Waals surface area contributed by atoms with Crippen LogP contribution in [-0.2, 0) is 23.0 Å². The molecule has 1 aromatic carbocycles. The molecule has 0 radical (unpaired) electrons. The zero-order valence-corrected chi connectivity index (χ0v) is 14.9. The molecule has 3 aromatic rings. The highest BCUT2D eigenvalue weighted by Crippen LogP contribution is 2.25. The van der Waals surface area contributed by atoms with Crippen molar-refractivity contribution in [3.05, 3.63) is 53.5 Å². The predicted octanol–water partition coefficient (Wildman–Crippen LogP) is 1.02. The SMILES string of the molecule is CS(=O)(=O)N1CCc2c(cncc2C(=O)n2ncc3cc(N)ccc32)C1. The third-order valence-electron chi connectivity index (χ3n) is 4.59. The molecule has 3 heterocycles. The Hall–Kier alpha value is -2.78. The van der Waals surface area contributed by atoms with E-state index in [1.54, 1.807) is 30.6 Å². The molecule has 0 bridgehead atoms. The molecule has 0 atom stereocenters. The van der Waals surface area contributed by atoms with E-state index in [-0.39, 0.29) is 12.5 Å². The Morgan fingerprint density at radius 3 is 2.81 bits per heavy atom. The Balaban J connectivity index is 1.76. The summed E-state index contributed by atoms with van der Waals surface area (Å²) in [7, 11) is -3.29. The molecule has 2 N–H and O–H groups in total. The third-order valence-corrected chi connectivity index (χ3v) is 5.84. The van der Waals surface area contributed by atoms with Crippen LogP contribution in [0.1, 0.15) is 21.5 Å². The van der Waals surface area contributed by atoms with Gasteiger partial charge in [0.25, 0.3) is 5.91 Å². The molecule has 0 saturated carbocycles. The largest absolute Gasteiger partial charge is 0.399 e. The lowest BCUT2D eigenvalue weighted by atomic mass is 9.98. The number of anilines is 1. The zero-order chi connectivity index (χ0) is 18.5. The van der Waals surface area contributed by atoms with E-state index in [1.807, 2.05) is 0 Å². The van der Waals surface area contributed by atoms with Gasteiger partial charge in [-0.2, -0.15) is 14.1 Å². The maximum absolute atomic E-state index is 13.1. The van der Waals surface area contributed by atoms with E-state index in [1.165, 1.54) is 21.4 Å². The van der Waals surface area contributed by atoms with Gasteiger partial charge in [-0.15, -0.1) is 0 Å². The lowest BCUT2D eigenvalue weighted by molar-refractivity contribution is 0.0948. The number of hydrogen-bond acceptors (Lipinski definition) is 6. The van der Waals surface area contributed by atoms with Gasteiger partial charge in [-0.05, 0) is 35.7 Å². The van der Waals surface area contributed by atoms with Crippen molar-refractivity contribution in [2.75, 3.05) is 18.5 Å². The fourth-order valence-electron chi connectivity index (χ4n) is 3.26. The van der Waals surface area contributed by atoms with Gasteiger partial charge in [-0.25, -0.2) is 8.42 Å². The van der Waals surface area contributed by atoms with E-state index in [2.05, 4.69) is 10.1 Å². The number of pyridine rings is 1. The first-order valence-corrected chi connectivity index (χ1v) is 9.88. The van der Waals surface area contributed by atoms with E-state index in [0.717, 1.165) is 16.5 Å². The molecular formula is C17H17N5O3S. The van der Waals surface area contributed by atoms with Gasteiger partial charge in [-0.1, -0.05) is 0 Å². The van der Waals surface area contributed by atoms with E-state index in [9.17, 15) is 13.2 Å². The van der Waals surface area contributed by atoms with Crippen LogP contribution < -0.4 is 5.73 Å². The van der Waals surface area contributed by atoms with Gasteiger partial charge in [0.05, 0.1) is 23.5 Å². The average Bonchev–Trinajstić information content (AvgIpc) is 3.02. The molecule has 1 aliphatic rings. The Labute approximate surface area is 150 Å². The number of nitrogens with zero attached hydrogens (tertiary/aromatic N) is 4. The Morgan fingerprint density at radius 1 is 1.23 bits per heavy atom. The third kappa shape index (κ3) is 2.74.